The van der Waals surface area contributed by atoms with E-state index in [1.54, 1.807) is 0 Å². The largest absolute Gasteiger partial charge is 0.478 e. The second-order valence-electron chi connectivity index (χ2n) is 4.33. The third kappa shape index (κ3) is 4.75. The minimum absolute atomic E-state index is 0.266. The van der Waals surface area contributed by atoms with Gasteiger partial charge in [-0.15, -0.1) is 0 Å². The summed E-state index contributed by atoms with van der Waals surface area (Å²) in [6.45, 7) is 2.08. The summed E-state index contributed by atoms with van der Waals surface area (Å²) in [4.78, 5) is 31.8. The summed E-state index contributed by atoms with van der Waals surface area (Å²) >= 11 is 0. The first-order chi connectivity index (χ1) is 10.3. The van der Waals surface area contributed by atoms with E-state index in [1.807, 2.05) is 18.2 Å². The van der Waals surface area contributed by atoms with Crippen molar-refractivity contribution in [1.29, 1.82) is 0 Å². The molecule has 3 N–H and O–H groups in total. The zero-order valence-corrected chi connectivity index (χ0v) is 11.7. The first-order valence-electron chi connectivity index (χ1n) is 6.18. The van der Waals surface area contributed by atoms with Crippen LogP contribution in [0.4, 0.5) is 0 Å². The maximum Gasteiger partial charge on any atom is 0.336 e. The molecule has 6 nitrogen and oxygen atoms in total. The summed E-state index contributed by atoms with van der Waals surface area (Å²) in [6, 6.07) is 13.1. The molecule has 0 unspecified atom stereocenters. The monoisotopic (exact) mass is 302 g/mol. The van der Waals surface area contributed by atoms with E-state index < -0.39 is 29.0 Å². The van der Waals surface area contributed by atoms with Gasteiger partial charge in [0.05, 0.1) is 16.7 Å². The molecule has 2 rings (SSSR count). The highest BCUT2D eigenvalue weighted by Crippen LogP contribution is 2.12. The standard InChI is InChI=1S/C9H6O6.C7H8/c10-7(11)4-1-2-5(8(12)13)6(3-4)9(14)15;1-7-5-3-2-4-6-7/h1-3H,(H,10,11)(H,12,13)(H,14,15);2-6H,1H3. The van der Waals surface area contributed by atoms with Crippen LogP contribution in [0.25, 0.3) is 0 Å². The van der Waals surface area contributed by atoms with Crippen LogP contribution in [0.3, 0.4) is 0 Å². The smallest absolute Gasteiger partial charge is 0.336 e. The van der Waals surface area contributed by atoms with E-state index in [1.165, 1.54) is 5.56 Å². The Kier molecular flexibility index (Phi) is 5.83. The SMILES string of the molecule is Cc1ccccc1.O=C(O)c1ccc(C(=O)O)c(C(=O)O)c1. The number of rotatable bonds is 3. The normalized spacial score (nSPS) is 9.32. The number of carboxylic acids is 3. The molecule has 0 aliphatic carbocycles. The van der Waals surface area contributed by atoms with Crippen molar-refractivity contribution in [3.05, 3.63) is 70.8 Å². The van der Waals surface area contributed by atoms with Crippen LogP contribution in [-0.4, -0.2) is 33.2 Å². The lowest BCUT2D eigenvalue weighted by atomic mass is 10.0. The van der Waals surface area contributed by atoms with Gasteiger partial charge in [-0.1, -0.05) is 35.9 Å². The molecular weight excluding hydrogens is 288 g/mol. The molecule has 0 saturated carbocycles. The van der Waals surface area contributed by atoms with Crippen molar-refractivity contribution in [1.82, 2.24) is 0 Å². The number of hydrogen-bond acceptors (Lipinski definition) is 3. The van der Waals surface area contributed by atoms with E-state index in [0.717, 1.165) is 18.2 Å². The summed E-state index contributed by atoms with van der Waals surface area (Å²) in [5.74, 6) is -4.20. The summed E-state index contributed by atoms with van der Waals surface area (Å²) in [5, 5.41) is 25.9. The minimum atomic E-state index is -1.48. The highest BCUT2D eigenvalue weighted by Gasteiger charge is 2.17. The second kappa shape index (κ2) is 7.58. The van der Waals surface area contributed by atoms with Crippen LogP contribution in [0, 0.1) is 6.92 Å². The van der Waals surface area contributed by atoms with E-state index in [0.29, 0.717) is 0 Å². The Morgan fingerprint density at radius 1 is 0.727 bits per heavy atom. The highest BCUT2D eigenvalue weighted by molar-refractivity contribution is 6.03. The Morgan fingerprint density at radius 2 is 1.27 bits per heavy atom. The van der Waals surface area contributed by atoms with Gasteiger partial charge in [0.15, 0.2) is 0 Å². The number of aryl methyl sites for hydroxylation is 1. The van der Waals surface area contributed by atoms with E-state index >= 15 is 0 Å². The van der Waals surface area contributed by atoms with E-state index in [9.17, 15) is 14.4 Å². The fourth-order valence-corrected chi connectivity index (χ4v) is 1.58. The molecule has 0 fully saturated rings. The van der Waals surface area contributed by atoms with Crippen LogP contribution in [0.2, 0.25) is 0 Å². The Labute approximate surface area is 126 Å². The third-order valence-corrected chi connectivity index (χ3v) is 2.67. The molecule has 2 aromatic rings. The minimum Gasteiger partial charge on any atom is -0.478 e. The van der Waals surface area contributed by atoms with Gasteiger partial charge >= 0.3 is 17.9 Å². The molecule has 0 aliphatic rings. The molecule has 0 amide bonds. The van der Waals surface area contributed by atoms with E-state index in [4.69, 9.17) is 15.3 Å². The topological polar surface area (TPSA) is 112 Å². The molecule has 0 atom stereocenters. The van der Waals surface area contributed by atoms with Crippen LogP contribution in [0.5, 0.6) is 0 Å². The quantitative estimate of drug-likeness (QED) is 0.803. The Bertz CT molecular complexity index is 691. The van der Waals surface area contributed by atoms with Crippen LogP contribution < -0.4 is 0 Å². The summed E-state index contributed by atoms with van der Waals surface area (Å²) in [7, 11) is 0. The fourth-order valence-electron chi connectivity index (χ4n) is 1.58. The zero-order chi connectivity index (χ0) is 16.7. The number of hydrogen-bond donors (Lipinski definition) is 3. The fraction of sp³-hybridized carbons (Fsp3) is 0.0625. The van der Waals surface area contributed by atoms with Crippen molar-refractivity contribution in [2.45, 2.75) is 6.92 Å². The summed E-state index contributed by atoms with van der Waals surface area (Å²) in [5.41, 5.74) is 0.0785. The molecular formula is C16H14O6. The molecule has 0 aliphatic heterocycles. The molecule has 0 heterocycles. The number of carbonyl (C=O) groups is 3. The predicted octanol–water partition coefficient (Wildman–Crippen LogP) is 2.78. The van der Waals surface area contributed by atoms with Crippen molar-refractivity contribution in [2.75, 3.05) is 0 Å². The van der Waals surface area contributed by atoms with Crippen LogP contribution in [-0.2, 0) is 0 Å². The number of benzene rings is 2. The average Bonchev–Trinajstić information content (AvgIpc) is 2.47. The molecule has 0 radical (unpaired) electrons. The van der Waals surface area contributed by atoms with Crippen LogP contribution in [0.1, 0.15) is 36.6 Å². The van der Waals surface area contributed by atoms with Crippen molar-refractivity contribution in [2.24, 2.45) is 0 Å². The van der Waals surface area contributed by atoms with Gasteiger partial charge in [0, 0.05) is 0 Å². The van der Waals surface area contributed by atoms with Crippen molar-refractivity contribution < 1.29 is 29.7 Å². The van der Waals surface area contributed by atoms with E-state index in [-0.39, 0.29) is 5.56 Å². The van der Waals surface area contributed by atoms with Gasteiger partial charge in [0.2, 0.25) is 0 Å². The molecule has 2 aromatic carbocycles. The summed E-state index contributed by atoms with van der Waals surface area (Å²) in [6.07, 6.45) is 0. The van der Waals surface area contributed by atoms with Crippen LogP contribution in [0.15, 0.2) is 48.5 Å². The lowest BCUT2D eigenvalue weighted by Gasteiger charge is -2.02. The Morgan fingerprint density at radius 3 is 1.64 bits per heavy atom. The lowest BCUT2D eigenvalue weighted by molar-refractivity contribution is 0.0649. The Hall–Kier alpha value is -3.15. The predicted molar refractivity (Wildman–Crippen MR) is 78.5 cm³/mol. The molecule has 6 heteroatoms. The summed E-state index contributed by atoms with van der Waals surface area (Å²) < 4.78 is 0. The second-order valence-corrected chi connectivity index (χ2v) is 4.33. The zero-order valence-electron chi connectivity index (χ0n) is 11.7. The van der Waals surface area contributed by atoms with Gasteiger partial charge in [-0.05, 0) is 25.1 Å². The maximum atomic E-state index is 10.6. The Balaban J connectivity index is 0.000000287. The van der Waals surface area contributed by atoms with Gasteiger partial charge in [0.1, 0.15) is 0 Å². The number of aromatic carboxylic acids is 3. The molecule has 114 valence electrons. The van der Waals surface area contributed by atoms with Gasteiger partial charge in [-0.25, -0.2) is 14.4 Å². The maximum absolute atomic E-state index is 10.6. The molecule has 0 aromatic heterocycles. The van der Waals surface area contributed by atoms with Crippen molar-refractivity contribution in [3.8, 4) is 0 Å². The average molecular weight is 302 g/mol. The molecule has 0 bridgehead atoms. The van der Waals surface area contributed by atoms with Gasteiger partial charge in [-0.3, -0.25) is 0 Å². The first-order valence-corrected chi connectivity index (χ1v) is 6.18. The highest BCUT2D eigenvalue weighted by atomic mass is 16.4. The van der Waals surface area contributed by atoms with Crippen LogP contribution >= 0.6 is 0 Å². The molecule has 22 heavy (non-hydrogen) atoms. The lowest BCUT2D eigenvalue weighted by Crippen LogP contribution is -2.10. The van der Waals surface area contributed by atoms with Gasteiger partial charge in [0.25, 0.3) is 0 Å². The first kappa shape index (κ1) is 16.9. The van der Waals surface area contributed by atoms with E-state index in [2.05, 4.69) is 19.1 Å². The molecule has 0 saturated heterocycles. The number of carboxylic acid groups (broad SMARTS) is 3. The van der Waals surface area contributed by atoms with Gasteiger partial charge < -0.3 is 15.3 Å². The van der Waals surface area contributed by atoms with Gasteiger partial charge in [-0.2, -0.15) is 0 Å². The molecule has 0 spiro atoms. The third-order valence-electron chi connectivity index (χ3n) is 2.67. The van der Waals surface area contributed by atoms with Crippen molar-refractivity contribution in [3.63, 3.8) is 0 Å². The van der Waals surface area contributed by atoms with Crippen molar-refractivity contribution >= 4 is 17.9 Å².